The predicted octanol–water partition coefficient (Wildman–Crippen LogP) is 3.59. The number of phenols is 1. The van der Waals surface area contributed by atoms with Crippen LogP contribution in [-0.2, 0) is 9.53 Å². The molecular weight excluding hydrogens is 386 g/mol. The van der Waals surface area contributed by atoms with Crippen LogP contribution in [-0.4, -0.2) is 35.5 Å². The molecular formula is C19H15NO5S2. The second kappa shape index (κ2) is 7.81. The quantitative estimate of drug-likeness (QED) is 0.477. The standard InChI is InChI=1S/C19H15NO5S2/c1-24-15-9-11(3-8-14(15)21)10-16-17(22)20(19(26)27-16)13-6-4-12(5-7-13)18(23)25-2/h3-10,21H,1-2H3/b16-10+. The fourth-order valence-corrected chi connectivity index (χ4v) is 3.79. The van der Waals surface area contributed by atoms with Gasteiger partial charge in [0.1, 0.15) is 0 Å². The number of amides is 1. The largest absolute Gasteiger partial charge is 0.504 e. The van der Waals surface area contributed by atoms with E-state index in [1.165, 1.54) is 36.9 Å². The van der Waals surface area contributed by atoms with Crippen LogP contribution in [0.3, 0.4) is 0 Å². The zero-order valence-electron chi connectivity index (χ0n) is 14.5. The second-order valence-corrected chi connectivity index (χ2v) is 7.16. The van der Waals surface area contributed by atoms with Crippen LogP contribution >= 0.6 is 24.0 Å². The lowest BCUT2D eigenvalue weighted by atomic mass is 10.1. The zero-order valence-corrected chi connectivity index (χ0v) is 16.1. The minimum atomic E-state index is -0.451. The molecule has 3 rings (SSSR count). The molecule has 1 aliphatic heterocycles. The first-order valence-corrected chi connectivity index (χ1v) is 9.00. The molecule has 1 fully saturated rings. The van der Waals surface area contributed by atoms with Crippen molar-refractivity contribution in [2.45, 2.75) is 0 Å². The van der Waals surface area contributed by atoms with Crippen LogP contribution in [0.25, 0.3) is 6.08 Å². The van der Waals surface area contributed by atoms with Gasteiger partial charge in [-0.25, -0.2) is 4.79 Å². The summed E-state index contributed by atoms with van der Waals surface area (Å²) in [7, 11) is 2.76. The van der Waals surface area contributed by atoms with Crippen LogP contribution in [0.5, 0.6) is 11.5 Å². The van der Waals surface area contributed by atoms with E-state index < -0.39 is 5.97 Å². The topological polar surface area (TPSA) is 76.1 Å². The highest BCUT2D eigenvalue weighted by atomic mass is 32.2. The number of esters is 1. The summed E-state index contributed by atoms with van der Waals surface area (Å²) in [6.07, 6.45) is 1.68. The zero-order chi connectivity index (χ0) is 19.6. The number of aromatic hydroxyl groups is 1. The first kappa shape index (κ1) is 18.9. The smallest absolute Gasteiger partial charge is 0.337 e. The maximum Gasteiger partial charge on any atom is 0.337 e. The van der Waals surface area contributed by atoms with Gasteiger partial charge in [-0.3, -0.25) is 9.69 Å². The van der Waals surface area contributed by atoms with E-state index in [1.54, 1.807) is 42.5 Å². The van der Waals surface area contributed by atoms with Gasteiger partial charge in [0, 0.05) is 0 Å². The van der Waals surface area contributed by atoms with Crippen molar-refractivity contribution in [2.75, 3.05) is 19.1 Å². The van der Waals surface area contributed by atoms with Crippen molar-refractivity contribution in [1.82, 2.24) is 0 Å². The molecule has 2 aromatic carbocycles. The van der Waals surface area contributed by atoms with Crippen LogP contribution in [0.2, 0.25) is 0 Å². The van der Waals surface area contributed by atoms with Gasteiger partial charge in [0.25, 0.3) is 5.91 Å². The summed E-state index contributed by atoms with van der Waals surface area (Å²) in [5, 5.41) is 9.68. The minimum absolute atomic E-state index is 0.0212. The maximum atomic E-state index is 12.8. The normalized spacial score (nSPS) is 15.3. The Morgan fingerprint density at radius 2 is 1.89 bits per heavy atom. The molecule has 6 nitrogen and oxygen atoms in total. The number of benzene rings is 2. The van der Waals surface area contributed by atoms with Gasteiger partial charge in [-0.2, -0.15) is 0 Å². The summed E-state index contributed by atoms with van der Waals surface area (Å²) in [5.41, 5.74) is 1.65. The highest BCUT2D eigenvalue weighted by Crippen LogP contribution is 2.37. The number of methoxy groups -OCH3 is 2. The third-order valence-electron chi connectivity index (χ3n) is 3.84. The second-order valence-electron chi connectivity index (χ2n) is 5.49. The summed E-state index contributed by atoms with van der Waals surface area (Å²) in [6, 6.07) is 11.2. The summed E-state index contributed by atoms with van der Waals surface area (Å²) in [4.78, 5) is 26.2. The fraction of sp³-hybridized carbons (Fsp3) is 0.105. The van der Waals surface area contributed by atoms with E-state index in [-0.39, 0.29) is 11.7 Å². The molecule has 1 amide bonds. The van der Waals surface area contributed by atoms with Gasteiger partial charge >= 0.3 is 5.97 Å². The number of thiocarbonyl (C=S) groups is 1. The van der Waals surface area contributed by atoms with Crippen molar-refractivity contribution in [3.63, 3.8) is 0 Å². The summed E-state index contributed by atoms with van der Waals surface area (Å²) < 4.78 is 10.1. The van der Waals surface area contributed by atoms with Gasteiger partial charge in [-0.1, -0.05) is 30.0 Å². The molecule has 2 aromatic rings. The minimum Gasteiger partial charge on any atom is -0.504 e. The van der Waals surface area contributed by atoms with Crippen molar-refractivity contribution in [1.29, 1.82) is 0 Å². The van der Waals surface area contributed by atoms with Crippen molar-refractivity contribution < 1.29 is 24.2 Å². The van der Waals surface area contributed by atoms with Gasteiger partial charge in [0.05, 0.1) is 30.4 Å². The van der Waals surface area contributed by atoms with Crippen molar-refractivity contribution in [2.24, 2.45) is 0 Å². The number of carbonyl (C=O) groups is 2. The number of hydrogen-bond donors (Lipinski definition) is 1. The predicted molar refractivity (Wildman–Crippen MR) is 108 cm³/mol. The van der Waals surface area contributed by atoms with Crippen LogP contribution in [0.4, 0.5) is 5.69 Å². The molecule has 1 heterocycles. The molecule has 0 atom stereocenters. The van der Waals surface area contributed by atoms with Crippen molar-refractivity contribution in [3.8, 4) is 11.5 Å². The number of rotatable bonds is 4. The van der Waals surface area contributed by atoms with E-state index >= 15 is 0 Å². The molecule has 0 saturated carbocycles. The highest BCUT2D eigenvalue weighted by Gasteiger charge is 2.33. The van der Waals surface area contributed by atoms with E-state index in [0.717, 1.165) is 0 Å². The van der Waals surface area contributed by atoms with Gasteiger partial charge < -0.3 is 14.6 Å². The Morgan fingerprint density at radius 1 is 1.19 bits per heavy atom. The van der Waals surface area contributed by atoms with Gasteiger partial charge in [0.15, 0.2) is 15.8 Å². The highest BCUT2D eigenvalue weighted by molar-refractivity contribution is 8.27. The number of nitrogens with zero attached hydrogens (tertiary/aromatic N) is 1. The lowest BCUT2D eigenvalue weighted by Gasteiger charge is -2.14. The van der Waals surface area contributed by atoms with Crippen LogP contribution in [0, 0.1) is 0 Å². The molecule has 0 bridgehead atoms. The average Bonchev–Trinajstić information content (AvgIpc) is 2.96. The molecule has 27 heavy (non-hydrogen) atoms. The molecule has 1 N–H and O–H groups in total. The fourth-order valence-electron chi connectivity index (χ4n) is 2.49. The summed E-state index contributed by atoms with van der Waals surface area (Å²) in [5.74, 6) is -0.374. The van der Waals surface area contributed by atoms with Crippen molar-refractivity contribution >= 4 is 51.9 Å². The third kappa shape index (κ3) is 3.81. The molecule has 0 unspecified atom stereocenters. The van der Waals surface area contributed by atoms with Crippen LogP contribution in [0.15, 0.2) is 47.4 Å². The maximum absolute atomic E-state index is 12.8. The van der Waals surface area contributed by atoms with E-state index in [0.29, 0.717) is 31.8 Å². The number of hydrogen-bond acceptors (Lipinski definition) is 7. The molecule has 1 saturated heterocycles. The molecule has 138 valence electrons. The summed E-state index contributed by atoms with van der Waals surface area (Å²) in [6.45, 7) is 0. The molecule has 0 aromatic heterocycles. The molecule has 0 spiro atoms. The first-order valence-electron chi connectivity index (χ1n) is 7.78. The van der Waals surface area contributed by atoms with E-state index in [2.05, 4.69) is 4.74 Å². The SMILES string of the molecule is COC(=O)c1ccc(N2C(=O)/C(=C\c3ccc(O)c(OC)c3)SC2=S)cc1. The Bertz CT molecular complexity index is 953. The van der Waals surface area contributed by atoms with E-state index in [9.17, 15) is 14.7 Å². The molecule has 0 radical (unpaired) electrons. The Hall–Kier alpha value is -2.84. The average molecular weight is 401 g/mol. The monoisotopic (exact) mass is 401 g/mol. The van der Waals surface area contributed by atoms with Gasteiger partial charge in [-0.15, -0.1) is 0 Å². The van der Waals surface area contributed by atoms with Gasteiger partial charge in [-0.05, 0) is 48.0 Å². The Balaban J connectivity index is 1.88. The lowest BCUT2D eigenvalue weighted by Crippen LogP contribution is -2.27. The first-order chi connectivity index (χ1) is 12.9. The van der Waals surface area contributed by atoms with Crippen LogP contribution < -0.4 is 9.64 Å². The molecule has 1 aliphatic rings. The van der Waals surface area contributed by atoms with Gasteiger partial charge in [0.2, 0.25) is 0 Å². The molecule has 8 heteroatoms. The number of thioether (sulfide) groups is 1. The van der Waals surface area contributed by atoms with Crippen LogP contribution in [0.1, 0.15) is 15.9 Å². The number of phenolic OH excluding ortho intramolecular Hbond substituents is 1. The third-order valence-corrected chi connectivity index (χ3v) is 5.14. The molecule has 0 aliphatic carbocycles. The summed E-state index contributed by atoms with van der Waals surface area (Å²) >= 11 is 6.52. The Kier molecular flexibility index (Phi) is 5.48. The number of anilines is 1. The van der Waals surface area contributed by atoms with E-state index in [1.807, 2.05) is 0 Å². The number of ether oxygens (including phenoxy) is 2. The Labute approximate surface area is 165 Å². The van der Waals surface area contributed by atoms with E-state index in [4.69, 9.17) is 17.0 Å². The lowest BCUT2D eigenvalue weighted by molar-refractivity contribution is -0.113. The Morgan fingerprint density at radius 3 is 2.52 bits per heavy atom. The van der Waals surface area contributed by atoms with Crippen molar-refractivity contribution in [3.05, 3.63) is 58.5 Å². The number of carbonyl (C=O) groups excluding carboxylic acids is 2.